The molecule has 36 heavy (non-hydrogen) atoms. The van der Waals surface area contributed by atoms with Crippen molar-refractivity contribution in [1.82, 2.24) is 10.2 Å². The zero-order chi connectivity index (χ0) is 26.2. The number of carbonyl (C=O) groups is 2. The smallest absolute Gasteiger partial charge is 0.261 e. The Labute approximate surface area is 215 Å². The minimum absolute atomic E-state index is 0.0409. The van der Waals surface area contributed by atoms with E-state index in [4.69, 9.17) is 4.74 Å². The average molecular weight is 487 g/mol. The fourth-order valence-corrected chi connectivity index (χ4v) is 4.31. The lowest BCUT2D eigenvalue weighted by molar-refractivity contribution is -0.143. The first-order valence-corrected chi connectivity index (χ1v) is 12.5. The molecule has 0 aliphatic carbocycles. The number of amides is 2. The van der Waals surface area contributed by atoms with Gasteiger partial charge in [-0.1, -0.05) is 66.2 Å². The van der Waals surface area contributed by atoms with Crippen LogP contribution in [0.5, 0.6) is 5.75 Å². The number of benzene rings is 3. The number of ether oxygens (including phenoxy) is 1. The van der Waals surface area contributed by atoms with Crippen molar-refractivity contribution < 1.29 is 14.3 Å². The molecule has 0 aliphatic rings. The molecule has 5 nitrogen and oxygen atoms in total. The van der Waals surface area contributed by atoms with Gasteiger partial charge >= 0.3 is 0 Å². The van der Waals surface area contributed by atoms with Gasteiger partial charge in [0.2, 0.25) is 5.91 Å². The monoisotopic (exact) mass is 486 g/mol. The largest absolute Gasteiger partial charge is 0.483 e. The fourth-order valence-electron chi connectivity index (χ4n) is 4.31. The van der Waals surface area contributed by atoms with E-state index in [0.717, 1.165) is 33.4 Å². The van der Waals surface area contributed by atoms with E-state index in [2.05, 4.69) is 17.4 Å². The molecule has 5 heteroatoms. The minimum atomic E-state index is -0.674. The molecule has 1 atom stereocenters. The normalized spacial score (nSPS) is 11.8. The van der Waals surface area contributed by atoms with Crippen LogP contribution in [0.4, 0.5) is 0 Å². The van der Waals surface area contributed by atoms with Crippen LogP contribution in [0.2, 0.25) is 0 Å². The van der Waals surface area contributed by atoms with Crippen LogP contribution < -0.4 is 10.1 Å². The maximum atomic E-state index is 13.7. The maximum Gasteiger partial charge on any atom is 0.261 e. The topological polar surface area (TPSA) is 58.6 Å². The number of hydrogen-bond donors (Lipinski definition) is 1. The highest BCUT2D eigenvalue weighted by Crippen LogP contribution is 2.24. The zero-order valence-electron chi connectivity index (χ0n) is 22.3. The van der Waals surface area contributed by atoms with Gasteiger partial charge in [-0.05, 0) is 75.4 Å². The van der Waals surface area contributed by atoms with E-state index in [9.17, 15) is 9.59 Å². The van der Waals surface area contributed by atoms with Crippen LogP contribution in [0.1, 0.15) is 47.2 Å². The third kappa shape index (κ3) is 7.45. The van der Waals surface area contributed by atoms with Gasteiger partial charge in [-0.2, -0.15) is 0 Å². The first-order chi connectivity index (χ1) is 17.1. The van der Waals surface area contributed by atoms with Crippen LogP contribution in [0.25, 0.3) is 0 Å². The second kappa shape index (κ2) is 12.4. The molecule has 2 amide bonds. The minimum Gasteiger partial charge on any atom is -0.483 e. The summed E-state index contributed by atoms with van der Waals surface area (Å²) >= 11 is 0. The summed E-state index contributed by atoms with van der Waals surface area (Å²) in [6, 6.07) is 21.2. The molecule has 0 bridgehead atoms. The van der Waals surface area contributed by atoms with E-state index in [0.29, 0.717) is 18.7 Å². The molecule has 0 fully saturated rings. The summed E-state index contributed by atoms with van der Waals surface area (Å²) in [6.45, 7) is 12.1. The Morgan fingerprint density at radius 2 is 1.56 bits per heavy atom. The van der Waals surface area contributed by atoms with E-state index >= 15 is 0 Å². The van der Waals surface area contributed by atoms with Crippen LogP contribution in [0, 0.1) is 27.7 Å². The third-order valence-electron chi connectivity index (χ3n) is 6.25. The number of carbonyl (C=O) groups excluding carboxylic acids is 2. The molecule has 0 radical (unpaired) electrons. The molecule has 1 unspecified atom stereocenters. The number of rotatable bonds is 10. The van der Waals surface area contributed by atoms with Gasteiger partial charge in [0, 0.05) is 19.0 Å². The van der Waals surface area contributed by atoms with Crippen molar-refractivity contribution in [2.24, 2.45) is 0 Å². The zero-order valence-corrected chi connectivity index (χ0v) is 22.3. The quantitative estimate of drug-likeness (QED) is 0.414. The predicted molar refractivity (Wildman–Crippen MR) is 145 cm³/mol. The van der Waals surface area contributed by atoms with E-state index in [1.54, 1.807) is 4.90 Å². The van der Waals surface area contributed by atoms with Crippen LogP contribution >= 0.6 is 0 Å². The Morgan fingerprint density at radius 3 is 2.22 bits per heavy atom. The molecule has 0 heterocycles. The first kappa shape index (κ1) is 27.0. The number of nitrogens with zero attached hydrogens (tertiary/aromatic N) is 1. The second-order valence-electron chi connectivity index (χ2n) is 9.87. The molecule has 0 aromatic heterocycles. The van der Waals surface area contributed by atoms with Gasteiger partial charge in [0.1, 0.15) is 11.8 Å². The highest BCUT2D eigenvalue weighted by Gasteiger charge is 2.31. The molecule has 1 N–H and O–H groups in total. The fraction of sp³-hybridized carbons (Fsp3) is 0.355. The Balaban J connectivity index is 1.94. The Hall–Kier alpha value is -3.60. The molecule has 0 spiro atoms. The molecular formula is C31H38N2O3. The van der Waals surface area contributed by atoms with Crippen molar-refractivity contribution in [3.05, 3.63) is 100 Å². The molecule has 0 aliphatic heterocycles. The average Bonchev–Trinajstić information content (AvgIpc) is 2.82. The van der Waals surface area contributed by atoms with Crippen molar-refractivity contribution in [3.63, 3.8) is 0 Å². The van der Waals surface area contributed by atoms with Crippen molar-refractivity contribution >= 4 is 11.8 Å². The summed E-state index contributed by atoms with van der Waals surface area (Å²) in [7, 11) is 0. The van der Waals surface area contributed by atoms with Crippen LogP contribution in [-0.2, 0) is 22.6 Å². The SMILES string of the molecule is Cc1cccc(CN(C(=O)COc2cc(C)cc(C)c2C)C(Cc2ccccc2)C(=O)NC(C)C)c1. The summed E-state index contributed by atoms with van der Waals surface area (Å²) in [6.07, 6.45) is 0.416. The lowest BCUT2D eigenvalue weighted by atomic mass is 10.0. The predicted octanol–water partition coefficient (Wildman–Crippen LogP) is 5.46. The molecule has 190 valence electrons. The Morgan fingerprint density at radius 1 is 0.861 bits per heavy atom. The number of aryl methyl sites for hydroxylation is 3. The van der Waals surface area contributed by atoms with Gasteiger partial charge in [0.25, 0.3) is 5.91 Å². The van der Waals surface area contributed by atoms with Gasteiger partial charge in [0.15, 0.2) is 6.61 Å². The lowest BCUT2D eigenvalue weighted by Crippen LogP contribution is -2.52. The highest BCUT2D eigenvalue weighted by molar-refractivity contribution is 5.88. The van der Waals surface area contributed by atoms with Gasteiger partial charge in [-0.15, -0.1) is 0 Å². The summed E-state index contributed by atoms with van der Waals surface area (Å²) in [4.78, 5) is 28.8. The standard InChI is InChI=1S/C31H38N2O3/c1-21(2)32-31(35)28(18-26-12-8-7-9-13-26)33(19-27-14-10-11-22(3)16-27)30(34)20-36-29-17-23(4)15-24(5)25(29)6/h7-17,21,28H,18-20H2,1-6H3,(H,32,35). The molecule has 3 aromatic rings. The van der Waals surface area contributed by atoms with Crippen molar-refractivity contribution in [2.75, 3.05) is 6.61 Å². The van der Waals surface area contributed by atoms with Gasteiger partial charge in [-0.25, -0.2) is 0 Å². The lowest BCUT2D eigenvalue weighted by Gasteiger charge is -2.32. The molecular weight excluding hydrogens is 448 g/mol. The second-order valence-corrected chi connectivity index (χ2v) is 9.87. The molecule has 3 rings (SSSR count). The van der Waals surface area contributed by atoms with Crippen molar-refractivity contribution in [1.29, 1.82) is 0 Å². The van der Waals surface area contributed by atoms with Crippen LogP contribution in [0.3, 0.4) is 0 Å². The van der Waals surface area contributed by atoms with Gasteiger partial charge in [-0.3, -0.25) is 9.59 Å². The Bertz CT molecular complexity index is 1190. The van der Waals surface area contributed by atoms with Gasteiger partial charge < -0.3 is 15.0 Å². The summed E-state index contributed by atoms with van der Waals surface area (Å²) in [5.41, 5.74) is 6.28. The van der Waals surface area contributed by atoms with E-state index < -0.39 is 6.04 Å². The van der Waals surface area contributed by atoms with Crippen LogP contribution in [-0.4, -0.2) is 35.4 Å². The first-order valence-electron chi connectivity index (χ1n) is 12.5. The number of nitrogens with one attached hydrogen (secondary N) is 1. The van der Waals surface area contributed by atoms with Crippen LogP contribution in [0.15, 0.2) is 66.7 Å². The highest BCUT2D eigenvalue weighted by atomic mass is 16.5. The van der Waals surface area contributed by atoms with Crippen molar-refractivity contribution in [3.8, 4) is 5.75 Å². The van der Waals surface area contributed by atoms with E-state index in [1.807, 2.05) is 96.1 Å². The Kier molecular flexibility index (Phi) is 9.29. The maximum absolute atomic E-state index is 13.7. The molecule has 3 aromatic carbocycles. The number of hydrogen-bond acceptors (Lipinski definition) is 3. The van der Waals surface area contributed by atoms with Gasteiger partial charge in [0.05, 0.1) is 0 Å². The summed E-state index contributed by atoms with van der Waals surface area (Å²) in [5.74, 6) is 0.301. The van der Waals surface area contributed by atoms with E-state index in [-0.39, 0.29) is 24.5 Å². The van der Waals surface area contributed by atoms with Crippen molar-refractivity contribution in [2.45, 2.75) is 66.6 Å². The van der Waals surface area contributed by atoms with E-state index in [1.165, 1.54) is 0 Å². The molecule has 0 saturated carbocycles. The molecule has 0 saturated heterocycles. The third-order valence-corrected chi connectivity index (χ3v) is 6.25. The summed E-state index contributed by atoms with van der Waals surface area (Å²) < 4.78 is 6.04. The summed E-state index contributed by atoms with van der Waals surface area (Å²) in [5, 5.41) is 3.02.